The lowest BCUT2D eigenvalue weighted by atomic mass is 9.96. The van der Waals surface area contributed by atoms with Crippen molar-refractivity contribution in [2.24, 2.45) is 5.92 Å². The molecule has 0 radical (unpaired) electrons. The lowest BCUT2D eigenvalue weighted by Crippen LogP contribution is -2.43. The van der Waals surface area contributed by atoms with E-state index in [1.165, 1.54) is 17.7 Å². The molecule has 0 spiro atoms. The Labute approximate surface area is 162 Å². The lowest BCUT2D eigenvalue weighted by molar-refractivity contribution is -0.139. The van der Waals surface area contributed by atoms with Crippen LogP contribution in [0.5, 0.6) is 0 Å². The largest absolute Gasteiger partial charge is 0.348 e. The number of hydrogen-bond acceptors (Lipinski definition) is 4. The molecule has 7 heteroatoms. The highest BCUT2D eigenvalue weighted by Gasteiger charge is 2.21. The molecule has 0 aliphatic carbocycles. The van der Waals surface area contributed by atoms with E-state index in [0.717, 1.165) is 38.0 Å². The average Bonchev–Trinajstić information content (AvgIpc) is 3.19. The topological polar surface area (TPSA) is 61.4 Å². The molecule has 1 aromatic carbocycles. The van der Waals surface area contributed by atoms with E-state index in [0.29, 0.717) is 12.5 Å². The van der Waals surface area contributed by atoms with E-state index >= 15 is 0 Å². The molecule has 27 heavy (non-hydrogen) atoms. The van der Waals surface area contributed by atoms with E-state index in [9.17, 15) is 14.0 Å². The number of hydrogen-bond donors (Lipinski definition) is 2. The van der Waals surface area contributed by atoms with Crippen LogP contribution < -0.4 is 10.6 Å². The highest BCUT2D eigenvalue weighted by molar-refractivity contribution is 7.07. The Morgan fingerprint density at radius 3 is 2.41 bits per heavy atom. The van der Waals surface area contributed by atoms with E-state index in [1.54, 1.807) is 23.5 Å². The third-order valence-corrected chi connectivity index (χ3v) is 5.55. The van der Waals surface area contributed by atoms with Gasteiger partial charge in [-0.1, -0.05) is 12.1 Å². The minimum absolute atomic E-state index is 0.202. The first-order valence-electron chi connectivity index (χ1n) is 9.14. The van der Waals surface area contributed by atoms with Crippen LogP contribution in [0.1, 0.15) is 24.0 Å². The summed E-state index contributed by atoms with van der Waals surface area (Å²) in [6.45, 7) is 3.72. The normalized spacial score (nSPS) is 15.4. The van der Waals surface area contributed by atoms with Crippen molar-refractivity contribution in [2.45, 2.75) is 25.9 Å². The molecule has 0 saturated carbocycles. The van der Waals surface area contributed by atoms with Gasteiger partial charge < -0.3 is 10.6 Å². The third-order valence-electron chi connectivity index (χ3n) is 4.82. The van der Waals surface area contributed by atoms with Gasteiger partial charge in [0.05, 0.1) is 0 Å². The van der Waals surface area contributed by atoms with Crippen LogP contribution in [0.4, 0.5) is 4.39 Å². The third kappa shape index (κ3) is 6.15. The summed E-state index contributed by atoms with van der Waals surface area (Å²) in [5, 5.41) is 9.56. The second kappa shape index (κ2) is 9.62. The van der Waals surface area contributed by atoms with Crippen LogP contribution in [0.15, 0.2) is 41.1 Å². The van der Waals surface area contributed by atoms with Gasteiger partial charge in [0.2, 0.25) is 0 Å². The van der Waals surface area contributed by atoms with Crippen LogP contribution in [-0.4, -0.2) is 36.3 Å². The summed E-state index contributed by atoms with van der Waals surface area (Å²) in [6, 6.07) is 7.97. The number of halogens is 1. The van der Waals surface area contributed by atoms with E-state index < -0.39 is 11.8 Å². The highest BCUT2D eigenvalue weighted by atomic mass is 32.1. The number of rotatable bonds is 6. The van der Waals surface area contributed by atoms with Gasteiger partial charge in [-0.2, -0.15) is 11.3 Å². The molecular formula is C20H24FN3O2S. The van der Waals surface area contributed by atoms with Crippen LogP contribution in [0.2, 0.25) is 0 Å². The maximum atomic E-state index is 12.9. The number of nitrogens with zero attached hydrogens (tertiary/aromatic N) is 1. The molecule has 2 N–H and O–H groups in total. The number of nitrogens with one attached hydrogen (secondary N) is 2. The van der Waals surface area contributed by atoms with Crippen molar-refractivity contribution in [3.8, 4) is 0 Å². The SMILES string of the molecule is O=C(NCc1ccc(F)cc1)C(=O)NCC1CCN(Cc2ccsc2)CC1. The van der Waals surface area contributed by atoms with Crippen molar-refractivity contribution in [1.29, 1.82) is 0 Å². The summed E-state index contributed by atoms with van der Waals surface area (Å²) < 4.78 is 12.9. The highest BCUT2D eigenvalue weighted by Crippen LogP contribution is 2.19. The number of benzene rings is 1. The zero-order valence-corrected chi connectivity index (χ0v) is 15.9. The molecule has 1 saturated heterocycles. The first-order valence-corrected chi connectivity index (χ1v) is 10.1. The van der Waals surface area contributed by atoms with Crippen molar-refractivity contribution in [2.75, 3.05) is 19.6 Å². The standard InChI is InChI=1S/C20H24FN3O2S/c21-18-3-1-15(2-4-18)11-22-19(25)20(26)23-12-16-5-8-24(9-6-16)13-17-7-10-27-14-17/h1-4,7,10,14,16H,5-6,8-9,11-13H2,(H,22,25)(H,23,26). The lowest BCUT2D eigenvalue weighted by Gasteiger charge is -2.31. The first-order chi connectivity index (χ1) is 13.1. The number of carbonyl (C=O) groups is 2. The number of amides is 2. The Kier molecular flexibility index (Phi) is 6.95. The van der Waals surface area contributed by atoms with Gasteiger partial charge >= 0.3 is 11.8 Å². The Morgan fingerprint density at radius 1 is 1.04 bits per heavy atom. The Bertz CT molecular complexity index is 741. The Hall–Kier alpha value is -2.25. The van der Waals surface area contributed by atoms with Gasteiger partial charge in [0, 0.05) is 19.6 Å². The van der Waals surface area contributed by atoms with Crippen molar-refractivity contribution >= 4 is 23.2 Å². The molecule has 3 rings (SSSR count). The van der Waals surface area contributed by atoms with E-state index in [2.05, 4.69) is 32.4 Å². The van der Waals surface area contributed by atoms with Gasteiger partial charge in [-0.25, -0.2) is 4.39 Å². The molecule has 1 fully saturated rings. The summed E-state index contributed by atoms with van der Waals surface area (Å²) in [6.07, 6.45) is 2.03. The molecule has 0 atom stereocenters. The molecule has 1 aliphatic rings. The summed E-state index contributed by atoms with van der Waals surface area (Å²) in [7, 11) is 0. The summed E-state index contributed by atoms with van der Waals surface area (Å²) >= 11 is 1.72. The average molecular weight is 389 g/mol. The minimum atomic E-state index is -0.658. The fourth-order valence-corrected chi connectivity index (χ4v) is 3.83. The first kappa shape index (κ1) is 19.5. The van der Waals surface area contributed by atoms with Crippen molar-refractivity contribution in [3.63, 3.8) is 0 Å². The van der Waals surface area contributed by atoms with Gasteiger partial charge in [-0.05, 0) is 71.9 Å². The van der Waals surface area contributed by atoms with E-state index in [1.807, 2.05) is 0 Å². The molecule has 2 heterocycles. The number of thiophene rings is 1. The van der Waals surface area contributed by atoms with Gasteiger partial charge in [0.1, 0.15) is 5.82 Å². The maximum absolute atomic E-state index is 12.9. The van der Waals surface area contributed by atoms with Crippen molar-refractivity contribution in [3.05, 3.63) is 58.0 Å². The predicted octanol–water partition coefficient (Wildman–Crippen LogP) is 2.53. The van der Waals surface area contributed by atoms with Crippen LogP contribution in [0.3, 0.4) is 0 Å². The Morgan fingerprint density at radius 2 is 1.74 bits per heavy atom. The van der Waals surface area contributed by atoms with Crippen molar-refractivity contribution in [1.82, 2.24) is 15.5 Å². The van der Waals surface area contributed by atoms with Gasteiger partial charge in [-0.3, -0.25) is 14.5 Å². The molecule has 1 aromatic heterocycles. The van der Waals surface area contributed by atoms with Gasteiger partial charge in [-0.15, -0.1) is 0 Å². The van der Waals surface area contributed by atoms with E-state index in [-0.39, 0.29) is 12.4 Å². The van der Waals surface area contributed by atoms with Gasteiger partial charge in [0.25, 0.3) is 0 Å². The maximum Gasteiger partial charge on any atom is 0.309 e. The Balaban J connectivity index is 1.33. The molecule has 0 unspecified atom stereocenters. The number of piperidine rings is 1. The second-order valence-electron chi connectivity index (χ2n) is 6.87. The zero-order chi connectivity index (χ0) is 19.1. The fraction of sp³-hybridized carbons (Fsp3) is 0.400. The zero-order valence-electron chi connectivity index (χ0n) is 15.1. The molecule has 1 aliphatic heterocycles. The van der Waals surface area contributed by atoms with Crippen LogP contribution >= 0.6 is 11.3 Å². The van der Waals surface area contributed by atoms with E-state index in [4.69, 9.17) is 0 Å². The number of carbonyl (C=O) groups excluding carboxylic acids is 2. The van der Waals surface area contributed by atoms with Gasteiger partial charge in [0.15, 0.2) is 0 Å². The summed E-state index contributed by atoms with van der Waals surface area (Å²) in [5.41, 5.74) is 2.10. The second-order valence-corrected chi connectivity index (χ2v) is 7.65. The minimum Gasteiger partial charge on any atom is -0.348 e. The summed E-state index contributed by atoms with van der Waals surface area (Å²) in [5.74, 6) is -1.20. The predicted molar refractivity (Wildman–Crippen MR) is 104 cm³/mol. The fourth-order valence-electron chi connectivity index (χ4n) is 3.17. The molecule has 5 nitrogen and oxygen atoms in total. The molecule has 0 bridgehead atoms. The molecule has 2 aromatic rings. The quantitative estimate of drug-likeness (QED) is 0.747. The smallest absolute Gasteiger partial charge is 0.309 e. The number of likely N-dealkylation sites (tertiary alicyclic amines) is 1. The van der Waals surface area contributed by atoms with Crippen molar-refractivity contribution < 1.29 is 14.0 Å². The summed E-state index contributed by atoms with van der Waals surface area (Å²) in [4.78, 5) is 26.3. The van der Waals surface area contributed by atoms with Crippen LogP contribution in [0, 0.1) is 11.7 Å². The molecule has 2 amide bonds. The monoisotopic (exact) mass is 389 g/mol. The molecule has 144 valence electrons. The van der Waals surface area contributed by atoms with Crippen LogP contribution in [-0.2, 0) is 22.7 Å². The molecular weight excluding hydrogens is 365 g/mol. The van der Waals surface area contributed by atoms with Crippen LogP contribution in [0.25, 0.3) is 0 Å².